The van der Waals surface area contributed by atoms with E-state index in [2.05, 4.69) is 0 Å². The Hall–Kier alpha value is -2.96. The Balaban J connectivity index is 1.66. The van der Waals surface area contributed by atoms with E-state index in [1.165, 1.54) is 0 Å². The first-order chi connectivity index (χ1) is 13.5. The number of nitrogens with zero attached hydrogens (tertiary/aromatic N) is 1. The summed E-state index contributed by atoms with van der Waals surface area (Å²) < 4.78 is 0. The Morgan fingerprint density at radius 1 is 1.04 bits per heavy atom. The highest BCUT2D eigenvalue weighted by molar-refractivity contribution is 6.31. The van der Waals surface area contributed by atoms with Gasteiger partial charge in [-0.1, -0.05) is 41.9 Å². The number of amides is 3. The quantitative estimate of drug-likeness (QED) is 0.743. The first-order valence-corrected chi connectivity index (χ1v) is 9.43. The van der Waals surface area contributed by atoms with Crippen LogP contribution in [0.2, 0.25) is 5.02 Å². The van der Waals surface area contributed by atoms with Crippen LogP contribution in [0, 0.1) is 11.8 Å². The second kappa shape index (κ2) is 6.02. The first-order valence-electron chi connectivity index (χ1n) is 9.05. The molecule has 6 nitrogen and oxygen atoms in total. The van der Waals surface area contributed by atoms with Crippen molar-refractivity contribution in [2.45, 2.75) is 12.1 Å². The third-order valence-corrected chi connectivity index (χ3v) is 6.23. The van der Waals surface area contributed by atoms with Gasteiger partial charge in [0.15, 0.2) is 6.04 Å². The average Bonchev–Trinajstić information content (AvgIpc) is 3.15. The van der Waals surface area contributed by atoms with Crippen molar-refractivity contribution >= 4 is 41.1 Å². The molecular weight excluding hydrogens is 378 g/mol. The van der Waals surface area contributed by atoms with Crippen LogP contribution in [0.4, 0.5) is 5.69 Å². The number of benzene rings is 2. The Kier molecular flexibility index (Phi) is 3.69. The summed E-state index contributed by atoms with van der Waals surface area (Å²) in [5.74, 6) is -2.72. The number of rotatable bonds is 2. The lowest BCUT2D eigenvalue weighted by Crippen LogP contribution is -3.12. The van der Waals surface area contributed by atoms with Crippen LogP contribution in [-0.2, 0) is 14.4 Å². The van der Waals surface area contributed by atoms with Crippen LogP contribution in [0.3, 0.4) is 0 Å². The van der Waals surface area contributed by atoms with Crippen LogP contribution in [-0.4, -0.2) is 23.8 Å². The van der Waals surface area contributed by atoms with E-state index in [9.17, 15) is 14.4 Å². The van der Waals surface area contributed by atoms with Gasteiger partial charge in [0.1, 0.15) is 17.9 Å². The van der Waals surface area contributed by atoms with E-state index in [1.807, 2.05) is 36.5 Å². The van der Waals surface area contributed by atoms with Gasteiger partial charge in [-0.15, -0.1) is 0 Å². The van der Waals surface area contributed by atoms with Crippen molar-refractivity contribution in [3.8, 4) is 0 Å². The number of fused-ring (bicyclic) bond motifs is 5. The maximum Gasteiger partial charge on any atom is 0.277 e. The SMILES string of the molecule is NC(=O)[C@@H]1[C@@H]2C(=O)N(c3cccc(Cl)c3)C(=O)[C@@H]2[C@H]2c3ccccc3C=C[NH+]12. The lowest BCUT2D eigenvalue weighted by molar-refractivity contribution is -0.884. The first kappa shape index (κ1) is 17.2. The molecule has 3 aliphatic heterocycles. The summed E-state index contributed by atoms with van der Waals surface area (Å²) in [6, 6.07) is 13.2. The standard InChI is InChI=1S/C21H16ClN3O3/c22-12-5-3-6-13(10-12)25-20(27)15-16(21(25)28)18(19(23)26)24-9-8-11-4-1-2-7-14(11)17(15)24/h1-10,15-18H,(H2,23,26)/p+1/t15-,16+,17+,18-/m0/s1. The molecule has 1 unspecified atom stereocenters. The molecule has 7 heteroatoms. The molecule has 0 radical (unpaired) electrons. The number of imide groups is 1. The topological polar surface area (TPSA) is 84.9 Å². The number of nitrogens with one attached hydrogen (secondary N) is 1. The number of hydrogen-bond acceptors (Lipinski definition) is 3. The van der Waals surface area contributed by atoms with Gasteiger partial charge in [-0.25, -0.2) is 4.90 Å². The van der Waals surface area contributed by atoms with E-state index < -0.39 is 29.7 Å². The Bertz CT molecular complexity index is 1070. The molecule has 140 valence electrons. The van der Waals surface area contributed by atoms with E-state index in [0.717, 1.165) is 20.9 Å². The maximum absolute atomic E-state index is 13.4. The lowest BCUT2D eigenvalue weighted by Gasteiger charge is -2.30. The van der Waals surface area contributed by atoms with Gasteiger partial charge < -0.3 is 5.73 Å². The van der Waals surface area contributed by atoms with E-state index in [-0.39, 0.29) is 11.9 Å². The minimum Gasteiger partial charge on any atom is -0.364 e. The number of carbonyl (C=O) groups is 3. The zero-order valence-corrected chi connectivity index (χ0v) is 15.5. The fourth-order valence-corrected chi connectivity index (χ4v) is 5.13. The molecule has 2 saturated heterocycles. The van der Waals surface area contributed by atoms with Gasteiger partial charge in [0.25, 0.3) is 5.91 Å². The summed E-state index contributed by atoms with van der Waals surface area (Å²) >= 11 is 6.06. The van der Waals surface area contributed by atoms with Crippen molar-refractivity contribution in [3.05, 3.63) is 70.9 Å². The highest BCUT2D eigenvalue weighted by Gasteiger charge is 2.67. The van der Waals surface area contributed by atoms with Gasteiger partial charge >= 0.3 is 0 Å². The number of anilines is 1. The van der Waals surface area contributed by atoms with Gasteiger partial charge in [0, 0.05) is 10.6 Å². The monoisotopic (exact) mass is 394 g/mol. The summed E-state index contributed by atoms with van der Waals surface area (Å²) in [4.78, 5) is 41.0. The molecule has 3 amide bonds. The third-order valence-electron chi connectivity index (χ3n) is 5.99. The van der Waals surface area contributed by atoms with Crippen LogP contribution < -0.4 is 15.5 Å². The Morgan fingerprint density at radius 3 is 2.54 bits per heavy atom. The zero-order valence-electron chi connectivity index (χ0n) is 14.7. The molecule has 0 aliphatic carbocycles. The number of halogens is 1. The second-order valence-electron chi connectivity index (χ2n) is 7.36. The number of nitrogens with two attached hydrogens (primary N) is 1. The van der Waals surface area contributed by atoms with Gasteiger partial charge in [-0.2, -0.15) is 0 Å². The summed E-state index contributed by atoms with van der Waals surface area (Å²) in [7, 11) is 0. The van der Waals surface area contributed by atoms with E-state index in [0.29, 0.717) is 10.7 Å². The molecule has 3 heterocycles. The van der Waals surface area contributed by atoms with Crippen LogP contribution in [0.5, 0.6) is 0 Å². The molecule has 0 bridgehead atoms. The van der Waals surface area contributed by atoms with E-state index in [1.54, 1.807) is 24.3 Å². The Morgan fingerprint density at radius 2 is 1.79 bits per heavy atom. The summed E-state index contributed by atoms with van der Waals surface area (Å²) in [5, 5.41) is 0.430. The van der Waals surface area contributed by atoms with Crippen molar-refractivity contribution in [2.24, 2.45) is 17.6 Å². The molecule has 28 heavy (non-hydrogen) atoms. The largest absolute Gasteiger partial charge is 0.364 e. The average molecular weight is 395 g/mol. The molecule has 2 fully saturated rings. The molecule has 0 saturated carbocycles. The molecule has 5 rings (SSSR count). The van der Waals surface area contributed by atoms with Gasteiger partial charge in [0.2, 0.25) is 11.8 Å². The smallest absolute Gasteiger partial charge is 0.277 e. The zero-order chi connectivity index (χ0) is 19.6. The van der Waals surface area contributed by atoms with Crippen molar-refractivity contribution in [1.82, 2.24) is 0 Å². The number of carbonyl (C=O) groups excluding carboxylic acids is 3. The van der Waals surface area contributed by atoms with Crippen molar-refractivity contribution in [2.75, 3.05) is 4.90 Å². The van der Waals surface area contributed by atoms with Crippen molar-refractivity contribution < 1.29 is 19.3 Å². The normalized spacial score (nSPS) is 30.2. The lowest BCUT2D eigenvalue weighted by atomic mass is 9.84. The van der Waals surface area contributed by atoms with Crippen molar-refractivity contribution in [3.63, 3.8) is 0 Å². The predicted molar refractivity (Wildman–Crippen MR) is 103 cm³/mol. The molecule has 2 aromatic carbocycles. The van der Waals surface area contributed by atoms with E-state index in [4.69, 9.17) is 17.3 Å². The predicted octanol–water partition coefficient (Wildman–Crippen LogP) is 0.924. The summed E-state index contributed by atoms with van der Waals surface area (Å²) in [6.45, 7) is 0. The minimum absolute atomic E-state index is 0.311. The highest BCUT2D eigenvalue weighted by Crippen LogP contribution is 2.44. The van der Waals surface area contributed by atoms with E-state index >= 15 is 0 Å². The van der Waals surface area contributed by atoms with Gasteiger partial charge in [0.05, 0.1) is 11.9 Å². The number of primary amides is 1. The molecule has 2 aromatic rings. The van der Waals surface area contributed by atoms with Crippen molar-refractivity contribution in [1.29, 1.82) is 0 Å². The molecular formula is C21H17ClN3O3+. The number of hydrogen-bond donors (Lipinski definition) is 2. The Labute approximate surface area is 166 Å². The molecule has 0 aromatic heterocycles. The van der Waals surface area contributed by atoms with Crippen LogP contribution in [0.1, 0.15) is 17.2 Å². The maximum atomic E-state index is 13.4. The fraction of sp³-hybridized carbons (Fsp3) is 0.190. The highest BCUT2D eigenvalue weighted by atomic mass is 35.5. The third kappa shape index (κ3) is 2.22. The minimum atomic E-state index is -0.792. The number of quaternary nitrogens is 1. The van der Waals surface area contributed by atoms with Gasteiger partial charge in [-0.3, -0.25) is 19.3 Å². The molecule has 5 atom stereocenters. The second-order valence-corrected chi connectivity index (χ2v) is 7.80. The summed E-state index contributed by atoms with van der Waals surface area (Å²) in [5.41, 5.74) is 8.06. The molecule has 3 aliphatic rings. The fourth-order valence-electron chi connectivity index (χ4n) is 4.95. The molecule has 0 spiro atoms. The van der Waals surface area contributed by atoms with Gasteiger partial charge in [-0.05, 0) is 29.8 Å². The van der Waals surface area contributed by atoms with Crippen LogP contribution in [0.15, 0.2) is 54.7 Å². The molecule has 3 N–H and O–H groups in total. The summed E-state index contributed by atoms with van der Waals surface area (Å²) in [6.07, 6.45) is 3.77. The van der Waals surface area contributed by atoms with Crippen LogP contribution in [0.25, 0.3) is 6.08 Å². The van der Waals surface area contributed by atoms with Crippen LogP contribution >= 0.6 is 11.6 Å².